The number of nitrogens with two attached hydrogens (primary N) is 1. The van der Waals surface area contributed by atoms with Gasteiger partial charge in [0.2, 0.25) is 0 Å². The molecule has 0 bridgehead atoms. The quantitative estimate of drug-likeness (QED) is 0.618. The van der Waals surface area contributed by atoms with Gasteiger partial charge < -0.3 is 10.7 Å². The summed E-state index contributed by atoms with van der Waals surface area (Å²) in [4.78, 5) is 18.9. The normalized spacial score (nSPS) is 12.6. The summed E-state index contributed by atoms with van der Waals surface area (Å²) in [7, 11) is 1.86. The van der Waals surface area contributed by atoms with Crippen LogP contribution in [-0.4, -0.2) is 26.3 Å². The molecule has 0 amide bonds. The molecule has 20 heavy (non-hydrogen) atoms. The van der Waals surface area contributed by atoms with Crippen LogP contribution in [0.15, 0.2) is 28.4 Å². The highest BCUT2D eigenvalue weighted by atomic mass is 32.2. The minimum Gasteiger partial charge on any atom is -0.329 e. The van der Waals surface area contributed by atoms with Crippen molar-refractivity contribution >= 4 is 11.8 Å². The van der Waals surface area contributed by atoms with Crippen molar-refractivity contribution in [3.63, 3.8) is 0 Å². The molecule has 2 aromatic rings. The van der Waals surface area contributed by atoms with Crippen LogP contribution in [0.3, 0.4) is 0 Å². The van der Waals surface area contributed by atoms with Crippen molar-refractivity contribution in [2.45, 2.75) is 30.2 Å². The number of aromatic amines is 1. The molecule has 0 saturated carbocycles. The molecule has 0 spiro atoms. The van der Waals surface area contributed by atoms with E-state index in [2.05, 4.69) is 22.0 Å². The Labute approximate surface area is 121 Å². The van der Waals surface area contributed by atoms with Crippen LogP contribution in [0.1, 0.15) is 29.9 Å². The second-order valence-corrected chi connectivity index (χ2v) is 5.77. The average Bonchev–Trinajstić information content (AvgIpc) is 2.82. The minimum absolute atomic E-state index is 0.0312. The first-order chi connectivity index (χ1) is 9.62. The van der Waals surface area contributed by atoms with Crippen LogP contribution >= 0.6 is 11.8 Å². The second kappa shape index (κ2) is 6.71. The van der Waals surface area contributed by atoms with Gasteiger partial charge in [-0.05, 0) is 6.42 Å². The van der Waals surface area contributed by atoms with Crippen LogP contribution in [0, 0.1) is 0 Å². The maximum Gasteiger partial charge on any atom is 0.251 e. The number of aryl methyl sites for hydroxylation is 2. The van der Waals surface area contributed by atoms with Crippen molar-refractivity contribution in [2.75, 3.05) is 6.54 Å². The molecule has 7 heteroatoms. The highest BCUT2D eigenvalue weighted by molar-refractivity contribution is 7.99. The monoisotopic (exact) mass is 293 g/mol. The summed E-state index contributed by atoms with van der Waals surface area (Å²) in [5, 5.41) is 4.79. The number of rotatable bonds is 6. The van der Waals surface area contributed by atoms with Gasteiger partial charge in [-0.3, -0.25) is 9.48 Å². The molecule has 0 radical (unpaired) electrons. The molecule has 0 aromatic carbocycles. The molecule has 2 rings (SSSR count). The Hall–Kier alpha value is -1.60. The van der Waals surface area contributed by atoms with Crippen LogP contribution < -0.4 is 11.3 Å². The van der Waals surface area contributed by atoms with Crippen LogP contribution in [0.5, 0.6) is 0 Å². The summed E-state index contributed by atoms with van der Waals surface area (Å²) in [6.07, 6.45) is 5.48. The van der Waals surface area contributed by atoms with Crippen molar-refractivity contribution < 1.29 is 0 Å². The summed E-state index contributed by atoms with van der Waals surface area (Å²) < 4.78 is 1.74. The average molecular weight is 293 g/mol. The van der Waals surface area contributed by atoms with E-state index in [0.717, 1.165) is 24.1 Å². The third-order valence-corrected chi connectivity index (χ3v) is 4.01. The molecule has 0 saturated heterocycles. The Kier molecular flexibility index (Phi) is 4.97. The molecule has 108 valence electrons. The Morgan fingerprint density at radius 3 is 2.95 bits per heavy atom. The third-order valence-electron chi connectivity index (χ3n) is 2.84. The first-order valence-corrected chi connectivity index (χ1v) is 7.45. The molecular weight excluding hydrogens is 274 g/mol. The molecule has 0 aliphatic rings. The van der Waals surface area contributed by atoms with E-state index in [1.807, 2.05) is 13.2 Å². The van der Waals surface area contributed by atoms with E-state index < -0.39 is 0 Å². The lowest BCUT2D eigenvalue weighted by Gasteiger charge is -2.12. The molecule has 2 heterocycles. The minimum atomic E-state index is -0.118. The first-order valence-electron chi connectivity index (χ1n) is 6.58. The Morgan fingerprint density at radius 2 is 2.35 bits per heavy atom. The third kappa shape index (κ3) is 3.71. The van der Waals surface area contributed by atoms with E-state index >= 15 is 0 Å². The number of thioether (sulfide) groups is 1. The van der Waals surface area contributed by atoms with Crippen molar-refractivity contribution in [1.82, 2.24) is 19.7 Å². The van der Waals surface area contributed by atoms with Crippen LogP contribution in [0.4, 0.5) is 0 Å². The standard InChI is InChI=1S/C13H19N5OS/c1-3-4-10-5-12(19)17-13(16-10)20-11(6-14)9-7-15-18(2)8-9/h5,7-8,11H,3-4,6,14H2,1-2H3,(H,16,17,19). The molecule has 0 aliphatic heterocycles. The Morgan fingerprint density at radius 1 is 1.55 bits per heavy atom. The summed E-state index contributed by atoms with van der Waals surface area (Å²) in [5.41, 5.74) is 7.55. The predicted octanol–water partition coefficient (Wildman–Crippen LogP) is 1.25. The van der Waals surface area contributed by atoms with E-state index in [4.69, 9.17) is 5.73 Å². The summed E-state index contributed by atoms with van der Waals surface area (Å²) in [5.74, 6) is 0. The van der Waals surface area contributed by atoms with Gasteiger partial charge >= 0.3 is 0 Å². The number of hydrogen-bond donors (Lipinski definition) is 2. The van der Waals surface area contributed by atoms with Gasteiger partial charge in [0.15, 0.2) is 5.16 Å². The largest absolute Gasteiger partial charge is 0.329 e. The van der Waals surface area contributed by atoms with Crippen molar-refractivity contribution in [2.24, 2.45) is 12.8 Å². The fourth-order valence-electron chi connectivity index (χ4n) is 1.92. The van der Waals surface area contributed by atoms with E-state index in [9.17, 15) is 4.79 Å². The second-order valence-electron chi connectivity index (χ2n) is 4.58. The van der Waals surface area contributed by atoms with Gasteiger partial charge in [0.25, 0.3) is 5.56 Å². The first kappa shape index (κ1) is 14.8. The lowest BCUT2D eigenvalue weighted by Crippen LogP contribution is -2.13. The Balaban J connectivity index is 2.21. The lowest BCUT2D eigenvalue weighted by molar-refractivity contribution is 0.766. The molecule has 0 aliphatic carbocycles. The van der Waals surface area contributed by atoms with Crippen LogP contribution in [0.2, 0.25) is 0 Å². The maximum absolute atomic E-state index is 11.6. The molecule has 2 aromatic heterocycles. The zero-order valence-corrected chi connectivity index (χ0v) is 12.5. The highest BCUT2D eigenvalue weighted by Crippen LogP contribution is 2.31. The van der Waals surface area contributed by atoms with Crippen molar-refractivity contribution in [1.29, 1.82) is 0 Å². The fraction of sp³-hybridized carbons (Fsp3) is 0.462. The summed E-state index contributed by atoms with van der Waals surface area (Å²) in [6.45, 7) is 2.52. The van der Waals surface area contributed by atoms with E-state index in [1.54, 1.807) is 16.9 Å². The van der Waals surface area contributed by atoms with Gasteiger partial charge in [0, 0.05) is 37.1 Å². The van der Waals surface area contributed by atoms with Gasteiger partial charge in [-0.15, -0.1) is 0 Å². The van der Waals surface area contributed by atoms with Crippen molar-refractivity contribution in [3.8, 4) is 0 Å². The van der Waals surface area contributed by atoms with E-state index in [0.29, 0.717) is 11.7 Å². The predicted molar refractivity (Wildman–Crippen MR) is 79.7 cm³/mol. The lowest BCUT2D eigenvalue weighted by atomic mass is 10.2. The molecule has 1 atom stereocenters. The van der Waals surface area contributed by atoms with E-state index in [-0.39, 0.29) is 10.8 Å². The fourth-order valence-corrected chi connectivity index (χ4v) is 2.87. The SMILES string of the molecule is CCCc1cc(=O)[nH]c(SC(CN)c2cnn(C)c2)n1. The highest BCUT2D eigenvalue weighted by Gasteiger charge is 2.15. The van der Waals surface area contributed by atoms with Crippen LogP contribution in [0.25, 0.3) is 0 Å². The smallest absolute Gasteiger partial charge is 0.251 e. The Bertz CT molecular complexity index is 621. The number of nitrogens with zero attached hydrogens (tertiary/aromatic N) is 3. The summed E-state index contributed by atoms with van der Waals surface area (Å²) in [6, 6.07) is 1.55. The van der Waals surface area contributed by atoms with Crippen molar-refractivity contribution in [3.05, 3.63) is 40.1 Å². The van der Waals surface area contributed by atoms with Crippen LogP contribution in [-0.2, 0) is 13.5 Å². The number of nitrogens with one attached hydrogen (secondary N) is 1. The van der Waals surface area contributed by atoms with Gasteiger partial charge in [-0.2, -0.15) is 5.10 Å². The van der Waals surface area contributed by atoms with E-state index in [1.165, 1.54) is 11.8 Å². The summed E-state index contributed by atoms with van der Waals surface area (Å²) >= 11 is 1.46. The number of hydrogen-bond acceptors (Lipinski definition) is 5. The molecular formula is C13H19N5OS. The molecule has 6 nitrogen and oxygen atoms in total. The maximum atomic E-state index is 11.6. The van der Waals surface area contributed by atoms with Gasteiger partial charge in [-0.1, -0.05) is 25.1 Å². The zero-order chi connectivity index (χ0) is 14.5. The number of aromatic nitrogens is 4. The van der Waals surface area contributed by atoms with Gasteiger partial charge in [0.1, 0.15) is 0 Å². The molecule has 1 unspecified atom stereocenters. The zero-order valence-electron chi connectivity index (χ0n) is 11.7. The molecule has 0 fully saturated rings. The number of H-pyrrole nitrogens is 1. The van der Waals surface area contributed by atoms with Gasteiger partial charge in [-0.25, -0.2) is 4.98 Å². The topological polar surface area (TPSA) is 89.6 Å². The van der Waals surface area contributed by atoms with Gasteiger partial charge in [0.05, 0.1) is 11.4 Å². The molecule has 3 N–H and O–H groups in total.